The molecule has 1 aromatic heterocycles. The lowest BCUT2D eigenvalue weighted by Crippen LogP contribution is -2.21. The van der Waals surface area contributed by atoms with Crippen molar-refractivity contribution in [2.24, 2.45) is 0 Å². The largest absolute Gasteiger partial charge is 0.491 e. The fourth-order valence-electron chi connectivity index (χ4n) is 4.37. The van der Waals surface area contributed by atoms with Crippen LogP contribution >= 0.6 is 11.6 Å². The number of benzene rings is 3. The molecule has 0 radical (unpaired) electrons. The highest BCUT2D eigenvalue weighted by Gasteiger charge is 2.26. The van der Waals surface area contributed by atoms with Crippen LogP contribution in [0.15, 0.2) is 60.7 Å². The number of halogens is 1. The SMILES string of the molecule is Nc1ccc(Cl)c(C(=O)Nc2ccc3c(c2)-c2[nH]nc(C(=O)Nc4ccc(OCC(O)CO)cc4)c2CC3)c1. The summed E-state index contributed by atoms with van der Waals surface area (Å²) in [5, 5.41) is 31.6. The number of fused-ring (bicyclic) bond motifs is 3. The second kappa shape index (κ2) is 11.2. The minimum atomic E-state index is -0.963. The molecule has 5 rings (SSSR count). The minimum Gasteiger partial charge on any atom is -0.491 e. The summed E-state index contributed by atoms with van der Waals surface area (Å²) < 4.78 is 5.39. The highest BCUT2D eigenvalue weighted by atomic mass is 35.5. The number of aryl methyl sites for hydroxylation is 1. The molecule has 1 aliphatic rings. The van der Waals surface area contributed by atoms with Crippen molar-refractivity contribution < 1.29 is 24.5 Å². The van der Waals surface area contributed by atoms with Gasteiger partial charge in [-0.25, -0.2) is 0 Å². The molecular weight excluding hydrogens is 522 g/mol. The van der Waals surface area contributed by atoms with E-state index in [1.807, 2.05) is 18.2 Å². The zero-order valence-corrected chi connectivity index (χ0v) is 21.5. The summed E-state index contributed by atoms with van der Waals surface area (Å²) in [6.45, 7) is -0.427. The first-order chi connectivity index (χ1) is 18.8. The Hall–Kier alpha value is -4.38. The van der Waals surface area contributed by atoms with E-state index in [9.17, 15) is 14.7 Å². The van der Waals surface area contributed by atoms with E-state index in [2.05, 4.69) is 20.8 Å². The lowest BCUT2D eigenvalue weighted by atomic mass is 9.88. The number of hydrogen-bond donors (Lipinski definition) is 6. The van der Waals surface area contributed by atoms with Crippen molar-refractivity contribution in [1.82, 2.24) is 10.2 Å². The van der Waals surface area contributed by atoms with Gasteiger partial charge in [0.05, 0.1) is 22.9 Å². The van der Waals surface area contributed by atoms with Crippen LogP contribution < -0.4 is 21.1 Å². The van der Waals surface area contributed by atoms with Gasteiger partial charge in [-0.2, -0.15) is 5.10 Å². The molecular formula is C28H26ClN5O5. The number of aromatic nitrogens is 2. The summed E-state index contributed by atoms with van der Waals surface area (Å²) in [5.74, 6) is -0.245. The number of carbonyl (C=O) groups excluding carboxylic acids is 2. The number of aliphatic hydroxyl groups excluding tert-OH is 2. The van der Waals surface area contributed by atoms with Crippen LogP contribution in [-0.4, -0.2) is 51.5 Å². The molecule has 1 unspecified atom stereocenters. The molecule has 1 aliphatic carbocycles. The van der Waals surface area contributed by atoms with Gasteiger partial charge >= 0.3 is 0 Å². The molecule has 0 bridgehead atoms. The highest BCUT2D eigenvalue weighted by Crippen LogP contribution is 2.36. The zero-order valence-electron chi connectivity index (χ0n) is 20.7. The maximum Gasteiger partial charge on any atom is 0.276 e. The van der Waals surface area contributed by atoms with Crippen LogP contribution in [0.4, 0.5) is 17.1 Å². The highest BCUT2D eigenvalue weighted by molar-refractivity contribution is 6.34. The normalized spacial score (nSPS) is 12.7. The molecule has 0 fully saturated rings. The van der Waals surface area contributed by atoms with Gasteiger partial charge in [-0.15, -0.1) is 0 Å². The van der Waals surface area contributed by atoms with Crippen molar-refractivity contribution in [3.8, 4) is 17.0 Å². The summed E-state index contributed by atoms with van der Waals surface area (Å²) in [4.78, 5) is 25.9. The summed E-state index contributed by atoms with van der Waals surface area (Å²) in [6.07, 6.45) is 0.379. The topological polar surface area (TPSA) is 163 Å². The first kappa shape index (κ1) is 26.2. The Balaban J connectivity index is 1.31. The van der Waals surface area contributed by atoms with Gasteiger partial charge in [0.25, 0.3) is 11.8 Å². The molecule has 1 atom stereocenters. The predicted molar refractivity (Wildman–Crippen MR) is 148 cm³/mol. The summed E-state index contributed by atoms with van der Waals surface area (Å²) in [7, 11) is 0. The molecule has 0 spiro atoms. The number of ether oxygens (including phenoxy) is 1. The Morgan fingerprint density at radius 1 is 1.03 bits per heavy atom. The third kappa shape index (κ3) is 5.73. The summed E-state index contributed by atoms with van der Waals surface area (Å²) in [6, 6.07) is 17.0. The third-order valence-electron chi connectivity index (χ3n) is 6.36. The van der Waals surface area contributed by atoms with E-state index in [0.717, 1.165) is 22.4 Å². The van der Waals surface area contributed by atoms with Crippen LogP contribution in [0.5, 0.6) is 5.75 Å². The maximum atomic E-state index is 13.1. The van der Waals surface area contributed by atoms with Crippen LogP contribution in [0, 0.1) is 0 Å². The van der Waals surface area contributed by atoms with E-state index in [4.69, 9.17) is 27.2 Å². The van der Waals surface area contributed by atoms with Crippen LogP contribution in [0.25, 0.3) is 11.3 Å². The first-order valence-electron chi connectivity index (χ1n) is 12.2. The van der Waals surface area contributed by atoms with Crippen molar-refractivity contribution in [2.75, 3.05) is 29.6 Å². The molecule has 0 aliphatic heterocycles. The average molecular weight is 548 g/mol. The second-order valence-electron chi connectivity index (χ2n) is 9.12. The number of amides is 2. The third-order valence-corrected chi connectivity index (χ3v) is 6.69. The second-order valence-corrected chi connectivity index (χ2v) is 9.52. The Morgan fingerprint density at radius 2 is 1.77 bits per heavy atom. The molecule has 0 saturated carbocycles. The Bertz CT molecular complexity index is 1540. The van der Waals surface area contributed by atoms with Gasteiger partial charge in [0.2, 0.25) is 0 Å². The van der Waals surface area contributed by atoms with Crippen LogP contribution in [0.3, 0.4) is 0 Å². The van der Waals surface area contributed by atoms with Crippen molar-refractivity contribution in [1.29, 1.82) is 0 Å². The summed E-state index contributed by atoms with van der Waals surface area (Å²) >= 11 is 6.18. The lowest BCUT2D eigenvalue weighted by Gasteiger charge is -2.18. The Labute approximate surface area is 228 Å². The number of nitrogens with one attached hydrogen (secondary N) is 3. The van der Waals surface area contributed by atoms with E-state index >= 15 is 0 Å². The quantitative estimate of drug-likeness (QED) is 0.183. The number of nitrogens with two attached hydrogens (primary N) is 1. The number of H-pyrrole nitrogens is 1. The number of anilines is 3. The van der Waals surface area contributed by atoms with Gasteiger partial charge < -0.3 is 31.3 Å². The van der Waals surface area contributed by atoms with Crippen molar-refractivity contribution in [3.63, 3.8) is 0 Å². The maximum absolute atomic E-state index is 13.1. The monoisotopic (exact) mass is 547 g/mol. The molecule has 3 aromatic carbocycles. The van der Waals surface area contributed by atoms with Crippen molar-refractivity contribution in [2.45, 2.75) is 18.9 Å². The van der Waals surface area contributed by atoms with Gasteiger partial charge in [0, 0.05) is 28.2 Å². The molecule has 0 saturated heterocycles. The van der Waals surface area contributed by atoms with Crippen molar-refractivity contribution >= 4 is 40.5 Å². The number of nitrogens with zero attached hydrogens (tertiary/aromatic N) is 1. The molecule has 4 aromatic rings. The zero-order chi connectivity index (χ0) is 27.5. The minimum absolute atomic E-state index is 0.0386. The van der Waals surface area contributed by atoms with Crippen LogP contribution in [-0.2, 0) is 12.8 Å². The smallest absolute Gasteiger partial charge is 0.276 e. The first-order valence-corrected chi connectivity index (χ1v) is 12.6. The molecule has 10 nitrogen and oxygen atoms in total. The summed E-state index contributed by atoms with van der Waals surface area (Å²) in [5.41, 5.74) is 11.4. The van der Waals surface area contributed by atoms with Crippen LogP contribution in [0.1, 0.15) is 32.0 Å². The predicted octanol–water partition coefficient (Wildman–Crippen LogP) is 3.65. The Kier molecular flexibility index (Phi) is 7.51. The van der Waals surface area contributed by atoms with Gasteiger partial charge in [0.1, 0.15) is 18.5 Å². The standard InChI is InChI=1S/C28H26ClN5O5/c29-24-10-3-16(30)11-23(24)27(37)32-18-4-1-15-2-9-21-25(22(15)12-18)33-34-26(21)28(38)31-17-5-7-20(8-6-17)39-14-19(36)13-35/h1,3-8,10-12,19,35-36H,2,9,13-14,30H2,(H,31,38)(H,32,37)(H,33,34). The molecule has 39 heavy (non-hydrogen) atoms. The fourth-order valence-corrected chi connectivity index (χ4v) is 4.57. The average Bonchev–Trinajstić information content (AvgIpc) is 3.38. The van der Waals surface area contributed by atoms with Gasteiger partial charge in [-0.3, -0.25) is 14.7 Å². The molecule has 11 heteroatoms. The van der Waals surface area contributed by atoms with Crippen LogP contribution in [0.2, 0.25) is 5.02 Å². The van der Waals surface area contributed by atoms with E-state index in [-0.39, 0.29) is 30.6 Å². The van der Waals surface area contributed by atoms with E-state index in [1.54, 1.807) is 36.4 Å². The molecule has 1 heterocycles. The molecule has 7 N–H and O–H groups in total. The van der Waals surface area contributed by atoms with Crippen molar-refractivity contribution in [3.05, 3.63) is 88.1 Å². The number of carbonyl (C=O) groups is 2. The number of nitrogen functional groups attached to an aromatic ring is 1. The number of rotatable bonds is 8. The van der Waals surface area contributed by atoms with Gasteiger partial charge in [0.15, 0.2) is 5.69 Å². The Morgan fingerprint density at radius 3 is 2.54 bits per heavy atom. The van der Waals surface area contributed by atoms with Gasteiger partial charge in [-0.1, -0.05) is 17.7 Å². The van der Waals surface area contributed by atoms with E-state index in [0.29, 0.717) is 46.4 Å². The fraction of sp³-hybridized carbons (Fsp3) is 0.179. The number of hydrogen-bond acceptors (Lipinski definition) is 7. The van der Waals surface area contributed by atoms with E-state index < -0.39 is 6.10 Å². The number of aliphatic hydroxyl groups is 2. The molecule has 2 amide bonds. The van der Waals surface area contributed by atoms with Gasteiger partial charge in [-0.05, 0) is 73.0 Å². The number of aromatic amines is 1. The van der Waals surface area contributed by atoms with E-state index in [1.165, 1.54) is 6.07 Å². The lowest BCUT2D eigenvalue weighted by molar-refractivity contribution is 0.0536. The molecule has 200 valence electrons.